The van der Waals surface area contributed by atoms with Crippen LogP contribution in [0.5, 0.6) is 0 Å². The van der Waals surface area contributed by atoms with E-state index in [0.29, 0.717) is 19.3 Å². The molecule has 2 fully saturated rings. The summed E-state index contributed by atoms with van der Waals surface area (Å²) in [7, 11) is -2.22. The van der Waals surface area contributed by atoms with Crippen molar-refractivity contribution in [1.29, 1.82) is 0 Å². The Balaban J connectivity index is 1.95. The molecule has 2 heterocycles. The minimum absolute atomic E-state index is 0.0573. The molecule has 10 nitrogen and oxygen atoms in total. The molecule has 3 aliphatic rings. The number of ether oxygens (including phenoxy) is 2. The van der Waals surface area contributed by atoms with Crippen LogP contribution in [-0.4, -0.2) is 79.6 Å². The molecule has 5 atom stereocenters. The number of allylic oxidation sites excluding steroid dienone is 1. The fraction of sp³-hybridized carbons (Fsp3) is 0.806. The fourth-order valence-electron chi connectivity index (χ4n) is 5.44. The molecular weight excluding hydrogens is 554 g/mol. The number of alkyl carbamates (subject to hydrolysis) is 1. The molecule has 2 N–H and O–H groups in total. The van der Waals surface area contributed by atoms with Crippen molar-refractivity contribution in [2.45, 2.75) is 141 Å². The quantitative estimate of drug-likeness (QED) is 0.261. The number of nitrogens with zero attached hydrogens (tertiary/aromatic N) is 1. The average Bonchev–Trinajstić information content (AvgIpc) is 3.38. The average molecular weight is 608 g/mol. The number of carbonyl (C=O) groups is 4. The van der Waals surface area contributed by atoms with Crippen molar-refractivity contribution in [3.63, 3.8) is 0 Å². The van der Waals surface area contributed by atoms with Gasteiger partial charge in [-0.2, -0.15) is 0 Å². The first-order valence-corrected chi connectivity index (χ1v) is 18.4. The molecule has 0 aromatic rings. The predicted octanol–water partition coefficient (Wildman–Crippen LogP) is 4.83. The summed E-state index contributed by atoms with van der Waals surface area (Å²) >= 11 is 0. The van der Waals surface area contributed by atoms with E-state index >= 15 is 0 Å². The Kier molecular flexibility index (Phi) is 10.6. The molecule has 0 aromatic carbocycles. The molecule has 11 heteroatoms. The van der Waals surface area contributed by atoms with Crippen molar-refractivity contribution in [3.8, 4) is 0 Å². The van der Waals surface area contributed by atoms with Crippen LogP contribution >= 0.6 is 0 Å². The second-order valence-electron chi connectivity index (χ2n) is 14.5. The van der Waals surface area contributed by atoms with E-state index in [1.807, 2.05) is 6.08 Å². The molecule has 0 radical (unpaired) electrons. The Labute approximate surface area is 252 Å². The van der Waals surface area contributed by atoms with E-state index in [1.165, 1.54) is 0 Å². The molecule has 42 heavy (non-hydrogen) atoms. The summed E-state index contributed by atoms with van der Waals surface area (Å²) in [6.45, 7) is 18.2. The number of hydrogen-bond acceptors (Lipinski definition) is 7. The molecule has 1 unspecified atom stereocenters. The Hall–Kier alpha value is -2.40. The molecule has 0 aromatic heterocycles. The number of esters is 1. The van der Waals surface area contributed by atoms with E-state index in [1.54, 1.807) is 32.6 Å². The van der Waals surface area contributed by atoms with Crippen LogP contribution in [-0.2, 0) is 28.3 Å². The van der Waals surface area contributed by atoms with Gasteiger partial charge in [-0.3, -0.25) is 9.59 Å². The van der Waals surface area contributed by atoms with E-state index in [4.69, 9.17) is 13.9 Å². The van der Waals surface area contributed by atoms with Crippen LogP contribution in [0, 0.1) is 5.92 Å². The van der Waals surface area contributed by atoms with Gasteiger partial charge in [0.1, 0.15) is 23.2 Å². The van der Waals surface area contributed by atoms with Crippen molar-refractivity contribution < 1.29 is 33.1 Å². The molecule has 238 valence electrons. The van der Waals surface area contributed by atoms with Gasteiger partial charge < -0.3 is 29.4 Å². The van der Waals surface area contributed by atoms with Crippen molar-refractivity contribution in [1.82, 2.24) is 15.5 Å². The lowest BCUT2D eigenvalue weighted by atomic mass is 10.0. The van der Waals surface area contributed by atoms with E-state index in [2.05, 4.69) is 50.6 Å². The van der Waals surface area contributed by atoms with Crippen LogP contribution in [0.3, 0.4) is 0 Å². The van der Waals surface area contributed by atoms with Gasteiger partial charge in [-0.15, -0.1) is 0 Å². The number of hydrogen-bond donors (Lipinski definition) is 2. The molecule has 1 aliphatic carbocycles. The SMILES string of the molecule is CCOC(=O)[C@@]12CC1/C=C\CCCCC[C@H](NC(=O)OC(C)(C)C)C(=O)N1C[C@H](O[Si](C)(C)C(C)(C)C)C[C@H]1C(=O)N2. The lowest BCUT2D eigenvalue weighted by Gasteiger charge is -2.38. The molecule has 3 rings (SSSR count). The number of fused-ring (bicyclic) bond motifs is 2. The first-order valence-electron chi connectivity index (χ1n) is 15.5. The molecule has 0 spiro atoms. The van der Waals surface area contributed by atoms with Gasteiger partial charge in [-0.05, 0) is 71.5 Å². The minimum Gasteiger partial charge on any atom is -0.464 e. The number of amides is 3. The van der Waals surface area contributed by atoms with Gasteiger partial charge in [-0.1, -0.05) is 45.8 Å². The normalized spacial score (nSPS) is 30.2. The maximum absolute atomic E-state index is 14.2. The summed E-state index contributed by atoms with van der Waals surface area (Å²) in [4.78, 5) is 55.5. The standard InChI is InChI=1S/C31H53N3O7Si/c1-10-39-27(37)31-19-21(31)16-14-12-11-13-15-17-23(32-28(38)40-29(2,3)4)26(36)34-20-22(18-24(34)25(35)33-31)41-42(8,9)30(5,6)7/h14,16,21-24H,10-13,15,17-20H2,1-9H3,(H,32,38)(H,33,35)/b16-14-/t21?,22-,23+,24+,31-/m1/s1. The van der Waals surface area contributed by atoms with Crippen molar-refractivity contribution >= 4 is 32.2 Å². The molecule has 1 saturated heterocycles. The van der Waals surface area contributed by atoms with E-state index < -0.39 is 49.5 Å². The first-order chi connectivity index (χ1) is 19.4. The third-order valence-corrected chi connectivity index (χ3v) is 13.4. The second-order valence-corrected chi connectivity index (χ2v) is 19.3. The smallest absolute Gasteiger partial charge is 0.408 e. The highest BCUT2D eigenvalue weighted by atomic mass is 28.4. The zero-order valence-electron chi connectivity index (χ0n) is 27.1. The number of nitrogens with one attached hydrogen (secondary N) is 2. The number of rotatable bonds is 5. The third kappa shape index (κ3) is 8.36. The summed E-state index contributed by atoms with van der Waals surface area (Å²) < 4.78 is 17.5. The molecule has 2 aliphatic heterocycles. The van der Waals surface area contributed by atoms with Gasteiger partial charge in [0.2, 0.25) is 11.8 Å². The van der Waals surface area contributed by atoms with Crippen molar-refractivity contribution in [2.75, 3.05) is 13.2 Å². The van der Waals surface area contributed by atoms with Gasteiger partial charge in [0.05, 0.1) is 12.7 Å². The zero-order valence-corrected chi connectivity index (χ0v) is 28.1. The Morgan fingerprint density at radius 3 is 2.43 bits per heavy atom. The van der Waals surface area contributed by atoms with Crippen molar-refractivity contribution in [2.24, 2.45) is 5.92 Å². The molecular formula is C31H53N3O7Si. The van der Waals surface area contributed by atoms with Crippen LogP contribution in [0.4, 0.5) is 4.79 Å². The van der Waals surface area contributed by atoms with Crippen LogP contribution < -0.4 is 10.6 Å². The largest absolute Gasteiger partial charge is 0.464 e. The highest BCUT2D eigenvalue weighted by molar-refractivity contribution is 6.74. The van der Waals surface area contributed by atoms with Crippen LogP contribution in [0.15, 0.2) is 12.2 Å². The topological polar surface area (TPSA) is 123 Å². The Morgan fingerprint density at radius 2 is 1.81 bits per heavy atom. The lowest BCUT2D eigenvalue weighted by Crippen LogP contribution is -2.56. The fourth-order valence-corrected chi connectivity index (χ4v) is 6.79. The van der Waals surface area contributed by atoms with Gasteiger partial charge in [0, 0.05) is 18.9 Å². The first kappa shape index (κ1) is 34.1. The molecule has 1 saturated carbocycles. The second kappa shape index (κ2) is 13.1. The monoisotopic (exact) mass is 607 g/mol. The van der Waals surface area contributed by atoms with Gasteiger partial charge in [0.25, 0.3) is 0 Å². The predicted molar refractivity (Wildman–Crippen MR) is 163 cm³/mol. The van der Waals surface area contributed by atoms with Gasteiger partial charge in [-0.25, -0.2) is 9.59 Å². The maximum atomic E-state index is 14.2. The summed E-state index contributed by atoms with van der Waals surface area (Å²) in [6.07, 6.45) is 7.57. The summed E-state index contributed by atoms with van der Waals surface area (Å²) in [6, 6.07) is -1.70. The third-order valence-electron chi connectivity index (χ3n) is 8.84. The Bertz CT molecular complexity index is 1050. The van der Waals surface area contributed by atoms with Gasteiger partial charge >= 0.3 is 12.1 Å². The molecule has 0 bridgehead atoms. The van der Waals surface area contributed by atoms with E-state index in [9.17, 15) is 19.2 Å². The van der Waals surface area contributed by atoms with Crippen molar-refractivity contribution in [3.05, 3.63) is 12.2 Å². The van der Waals surface area contributed by atoms with E-state index in [-0.39, 0.29) is 36.1 Å². The molecule has 3 amide bonds. The van der Waals surface area contributed by atoms with E-state index in [0.717, 1.165) is 25.7 Å². The number of carbonyl (C=O) groups excluding carboxylic acids is 4. The van der Waals surface area contributed by atoms with Crippen LogP contribution in [0.25, 0.3) is 0 Å². The van der Waals surface area contributed by atoms with Gasteiger partial charge in [0.15, 0.2) is 8.32 Å². The van der Waals surface area contributed by atoms with Crippen LogP contribution in [0.2, 0.25) is 18.1 Å². The zero-order chi connectivity index (χ0) is 31.5. The highest BCUT2D eigenvalue weighted by Gasteiger charge is 2.62. The summed E-state index contributed by atoms with van der Waals surface area (Å²) in [5.41, 5.74) is -1.86. The maximum Gasteiger partial charge on any atom is 0.408 e. The van der Waals surface area contributed by atoms with Crippen LogP contribution in [0.1, 0.15) is 93.4 Å². The summed E-state index contributed by atoms with van der Waals surface area (Å²) in [5.74, 6) is -1.35. The summed E-state index contributed by atoms with van der Waals surface area (Å²) in [5, 5.41) is 5.73. The highest BCUT2D eigenvalue weighted by Crippen LogP contribution is 2.46. The minimum atomic E-state index is -2.22. The lowest BCUT2D eigenvalue weighted by molar-refractivity contribution is -0.150. The Morgan fingerprint density at radius 1 is 1.12 bits per heavy atom.